The molecule has 0 fully saturated rings. The summed E-state index contributed by atoms with van der Waals surface area (Å²) in [6, 6.07) is 3.76. The third-order valence-corrected chi connectivity index (χ3v) is 2.28. The van der Waals surface area contributed by atoms with Gasteiger partial charge in [0.1, 0.15) is 11.6 Å². The molecule has 0 aliphatic rings. The number of nitrogens with zero attached hydrogens (tertiary/aromatic N) is 3. The van der Waals surface area contributed by atoms with Crippen molar-refractivity contribution in [3.05, 3.63) is 18.0 Å². The van der Waals surface area contributed by atoms with Crippen LogP contribution in [0, 0.1) is 11.3 Å². The van der Waals surface area contributed by atoms with E-state index in [2.05, 4.69) is 9.97 Å². The average Bonchev–Trinajstić information content (AvgIpc) is 2.44. The van der Waals surface area contributed by atoms with E-state index < -0.39 is 0 Å². The van der Waals surface area contributed by atoms with Gasteiger partial charge in [0.15, 0.2) is 10.8 Å². The molecule has 58 valence electrons. The molecule has 0 aromatic carbocycles. The van der Waals surface area contributed by atoms with Crippen molar-refractivity contribution in [1.82, 2.24) is 9.97 Å². The smallest absolute Gasteiger partial charge is 0.181 e. The van der Waals surface area contributed by atoms with Gasteiger partial charge in [-0.2, -0.15) is 5.26 Å². The maximum absolute atomic E-state index is 8.66. The lowest BCUT2D eigenvalue weighted by atomic mass is 10.3. The molecule has 0 radical (unpaired) electrons. The summed E-state index contributed by atoms with van der Waals surface area (Å²) in [5, 5.41) is 9.12. The fourth-order valence-corrected chi connectivity index (χ4v) is 1.68. The van der Waals surface area contributed by atoms with Gasteiger partial charge in [-0.3, -0.25) is 0 Å². The van der Waals surface area contributed by atoms with Crippen molar-refractivity contribution in [2.75, 3.05) is 5.73 Å². The molecule has 2 aromatic rings. The van der Waals surface area contributed by atoms with E-state index in [1.807, 2.05) is 6.07 Å². The second-order valence-electron chi connectivity index (χ2n) is 2.17. The van der Waals surface area contributed by atoms with Crippen molar-refractivity contribution >= 4 is 26.7 Å². The van der Waals surface area contributed by atoms with E-state index in [-0.39, 0.29) is 0 Å². The Labute approximate surface area is 72.3 Å². The van der Waals surface area contributed by atoms with Gasteiger partial charge in [-0.1, -0.05) is 11.3 Å². The lowest BCUT2D eigenvalue weighted by Gasteiger charge is -1.86. The van der Waals surface area contributed by atoms with E-state index in [0.29, 0.717) is 16.3 Å². The van der Waals surface area contributed by atoms with Crippen LogP contribution in [-0.2, 0) is 0 Å². The van der Waals surface area contributed by atoms with Crippen LogP contribution in [0.4, 0.5) is 5.13 Å². The SMILES string of the molecule is N#Cc1nccc2sc(N)nc12. The van der Waals surface area contributed by atoms with Crippen LogP contribution in [0.15, 0.2) is 12.3 Å². The third-order valence-electron chi connectivity index (χ3n) is 1.43. The van der Waals surface area contributed by atoms with Crippen molar-refractivity contribution in [3.63, 3.8) is 0 Å². The second-order valence-corrected chi connectivity index (χ2v) is 3.23. The lowest BCUT2D eigenvalue weighted by molar-refractivity contribution is 1.28. The number of anilines is 1. The molecule has 0 saturated carbocycles. The van der Waals surface area contributed by atoms with Crippen LogP contribution in [0.1, 0.15) is 5.69 Å². The zero-order valence-electron chi connectivity index (χ0n) is 5.98. The molecule has 5 heteroatoms. The molecule has 2 heterocycles. The monoisotopic (exact) mass is 176 g/mol. The Morgan fingerprint density at radius 1 is 1.58 bits per heavy atom. The molecule has 0 bridgehead atoms. The second kappa shape index (κ2) is 2.43. The Balaban J connectivity index is 2.89. The number of hydrogen-bond donors (Lipinski definition) is 1. The van der Waals surface area contributed by atoms with Gasteiger partial charge in [0, 0.05) is 6.20 Å². The largest absolute Gasteiger partial charge is 0.375 e. The minimum Gasteiger partial charge on any atom is -0.375 e. The van der Waals surface area contributed by atoms with E-state index in [0.717, 1.165) is 4.70 Å². The zero-order chi connectivity index (χ0) is 8.55. The normalized spacial score (nSPS) is 9.92. The first kappa shape index (κ1) is 7.00. The van der Waals surface area contributed by atoms with Crippen LogP contribution < -0.4 is 5.73 Å². The molecule has 0 amide bonds. The summed E-state index contributed by atoms with van der Waals surface area (Å²) in [7, 11) is 0. The number of pyridine rings is 1. The number of nitrogen functional groups attached to an aromatic ring is 1. The van der Waals surface area contributed by atoms with Gasteiger partial charge < -0.3 is 5.73 Å². The Morgan fingerprint density at radius 2 is 2.42 bits per heavy atom. The van der Waals surface area contributed by atoms with Crippen molar-refractivity contribution < 1.29 is 0 Å². The topological polar surface area (TPSA) is 75.6 Å². The number of rotatable bonds is 0. The highest BCUT2D eigenvalue weighted by atomic mass is 32.1. The van der Waals surface area contributed by atoms with Crippen molar-refractivity contribution in [1.29, 1.82) is 5.26 Å². The molecule has 12 heavy (non-hydrogen) atoms. The summed E-state index contributed by atoms with van der Waals surface area (Å²) in [5.74, 6) is 0. The maximum Gasteiger partial charge on any atom is 0.181 e. The summed E-state index contributed by atoms with van der Waals surface area (Å²) in [6.07, 6.45) is 1.58. The number of hydrogen-bond acceptors (Lipinski definition) is 5. The molecule has 0 aliphatic carbocycles. The fraction of sp³-hybridized carbons (Fsp3) is 0. The van der Waals surface area contributed by atoms with E-state index in [4.69, 9.17) is 11.0 Å². The third kappa shape index (κ3) is 0.898. The first-order chi connectivity index (χ1) is 5.81. The molecule has 2 N–H and O–H groups in total. The standard InChI is InChI=1S/C7H4N4S/c8-3-4-6-5(1-2-10-4)12-7(9)11-6/h1-2H,(H2,9,11). The summed E-state index contributed by atoms with van der Waals surface area (Å²) in [6.45, 7) is 0. The highest BCUT2D eigenvalue weighted by molar-refractivity contribution is 7.22. The van der Waals surface area contributed by atoms with Crippen LogP contribution in [0.25, 0.3) is 10.2 Å². The number of nitrogens with two attached hydrogens (primary N) is 1. The van der Waals surface area contributed by atoms with E-state index in [9.17, 15) is 0 Å². The zero-order valence-corrected chi connectivity index (χ0v) is 6.80. The first-order valence-corrected chi connectivity index (χ1v) is 4.04. The molecular formula is C7H4N4S. The number of nitriles is 1. The molecule has 0 spiro atoms. The van der Waals surface area contributed by atoms with Gasteiger partial charge >= 0.3 is 0 Å². The van der Waals surface area contributed by atoms with Gasteiger partial charge in [-0.25, -0.2) is 9.97 Å². The van der Waals surface area contributed by atoms with Gasteiger partial charge in [-0.05, 0) is 6.07 Å². The minimum absolute atomic E-state index is 0.334. The summed E-state index contributed by atoms with van der Waals surface area (Å²) < 4.78 is 0.902. The molecule has 2 rings (SSSR count). The van der Waals surface area contributed by atoms with E-state index >= 15 is 0 Å². The first-order valence-electron chi connectivity index (χ1n) is 3.22. The average molecular weight is 176 g/mol. The van der Waals surface area contributed by atoms with Crippen LogP contribution in [0.3, 0.4) is 0 Å². The number of aromatic nitrogens is 2. The highest BCUT2D eigenvalue weighted by Gasteiger charge is 2.05. The Bertz CT molecular complexity index is 468. The minimum atomic E-state index is 0.334. The number of fused-ring (bicyclic) bond motifs is 1. The van der Waals surface area contributed by atoms with Crippen LogP contribution in [0.5, 0.6) is 0 Å². The Kier molecular flexibility index (Phi) is 1.42. The predicted octanol–water partition coefficient (Wildman–Crippen LogP) is 1.15. The Hall–Kier alpha value is -1.67. The van der Waals surface area contributed by atoms with Crippen LogP contribution >= 0.6 is 11.3 Å². The molecular weight excluding hydrogens is 172 g/mol. The fourth-order valence-electron chi connectivity index (χ4n) is 0.954. The van der Waals surface area contributed by atoms with E-state index in [1.54, 1.807) is 12.3 Å². The maximum atomic E-state index is 8.66. The predicted molar refractivity (Wildman–Crippen MR) is 46.5 cm³/mol. The summed E-state index contributed by atoms with van der Waals surface area (Å²) in [4.78, 5) is 7.86. The van der Waals surface area contributed by atoms with Gasteiger partial charge in [0.05, 0.1) is 4.70 Å². The summed E-state index contributed by atoms with van der Waals surface area (Å²) in [5.41, 5.74) is 6.42. The Morgan fingerprint density at radius 3 is 3.17 bits per heavy atom. The molecule has 0 atom stereocenters. The molecule has 0 aliphatic heterocycles. The van der Waals surface area contributed by atoms with Crippen molar-refractivity contribution in [2.45, 2.75) is 0 Å². The van der Waals surface area contributed by atoms with Crippen molar-refractivity contribution in [2.24, 2.45) is 0 Å². The quantitative estimate of drug-likeness (QED) is 0.653. The van der Waals surface area contributed by atoms with Gasteiger partial charge in [-0.15, -0.1) is 0 Å². The van der Waals surface area contributed by atoms with Crippen LogP contribution in [0.2, 0.25) is 0 Å². The summed E-state index contributed by atoms with van der Waals surface area (Å²) >= 11 is 1.36. The number of thiazole rings is 1. The van der Waals surface area contributed by atoms with Gasteiger partial charge in [0.2, 0.25) is 0 Å². The molecule has 2 aromatic heterocycles. The lowest BCUT2D eigenvalue weighted by Crippen LogP contribution is -1.84. The molecule has 0 saturated heterocycles. The van der Waals surface area contributed by atoms with Crippen molar-refractivity contribution in [3.8, 4) is 6.07 Å². The molecule has 4 nitrogen and oxygen atoms in total. The van der Waals surface area contributed by atoms with Gasteiger partial charge in [0.25, 0.3) is 0 Å². The van der Waals surface area contributed by atoms with Crippen LogP contribution in [-0.4, -0.2) is 9.97 Å². The highest BCUT2D eigenvalue weighted by Crippen LogP contribution is 2.24. The van der Waals surface area contributed by atoms with E-state index in [1.165, 1.54) is 11.3 Å². The molecule has 0 unspecified atom stereocenters.